The molecule has 5 nitrogen and oxygen atoms in total. The van der Waals surface area contributed by atoms with Gasteiger partial charge in [0.25, 0.3) is 0 Å². The van der Waals surface area contributed by atoms with E-state index >= 15 is 0 Å². The molecule has 0 aliphatic carbocycles. The van der Waals surface area contributed by atoms with Crippen LogP contribution in [0.15, 0.2) is 0 Å². The van der Waals surface area contributed by atoms with Crippen molar-refractivity contribution in [1.29, 1.82) is 5.26 Å². The summed E-state index contributed by atoms with van der Waals surface area (Å²) < 4.78 is 0. The van der Waals surface area contributed by atoms with E-state index in [-0.39, 0.29) is 12.1 Å². The Morgan fingerprint density at radius 3 is 2.53 bits per heavy atom. The normalized spacial score (nSPS) is 26.2. The van der Waals surface area contributed by atoms with Crippen LogP contribution in [0.4, 0.5) is 4.79 Å². The number of urea groups is 1. The molecule has 17 heavy (non-hydrogen) atoms. The number of carbonyl (C=O) groups is 1. The molecule has 2 aliphatic heterocycles. The zero-order valence-electron chi connectivity index (χ0n) is 10.2. The molecule has 0 spiro atoms. The van der Waals surface area contributed by atoms with E-state index in [2.05, 4.69) is 11.4 Å². The molecule has 2 aliphatic rings. The van der Waals surface area contributed by atoms with Crippen LogP contribution in [0.1, 0.15) is 25.7 Å². The second-order valence-electron chi connectivity index (χ2n) is 4.73. The molecule has 0 aromatic rings. The average Bonchev–Trinajstić information content (AvgIpc) is 2.66. The molecule has 0 aromatic heterocycles. The van der Waals surface area contributed by atoms with Crippen LogP contribution in [0.2, 0.25) is 0 Å². The van der Waals surface area contributed by atoms with E-state index in [9.17, 15) is 4.79 Å². The molecule has 2 fully saturated rings. The first-order valence-corrected chi connectivity index (χ1v) is 6.49. The van der Waals surface area contributed by atoms with Gasteiger partial charge in [0.15, 0.2) is 0 Å². The van der Waals surface area contributed by atoms with Gasteiger partial charge in [-0.2, -0.15) is 5.26 Å². The Morgan fingerprint density at radius 1 is 1.18 bits per heavy atom. The third-order valence-electron chi connectivity index (χ3n) is 3.51. The molecule has 5 heteroatoms. The monoisotopic (exact) mass is 236 g/mol. The Morgan fingerprint density at radius 2 is 1.88 bits per heavy atom. The van der Waals surface area contributed by atoms with E-state index in [0.29, 0.717) is 13.1 Å². The van der Waals surface area contributed by atoms with Gasteiger partial charge in [0.1, 0.15) is 6.04 Å². The Kier molecular flexibility index (Phi) is 4.21. The molecule has 1 N–H and O–H groups in total. The predicted molar refractivity (Wildman–Crippen MR) is 64.4 cm³/mol. The summed E-state index contributed by atoms with van der Waals surface area (Å²) in [4.78, 5) is 16.0. The van der Waals surface area contributed by atoms with Crippen molar-refractivity contribution in [3.05, 3.63) is 0 Å². The lowest BCUT2D eigenvalue weighted by molar-refractivity contribution is 0.135. The summed E-state index contributed by atoms with van der Waals surface area (Å²) >= 11 is 0. The van der Waals surface area contributed by atoms with Crippen molar-refractivity contribution < 1.29 is 4.79 Å². The number of hydrogen-bond donors (Lipinski definition) is 1. The van der Waals surface area contributed by atoms with Gasteiger partial charge in [-0.25, -0.2) is 4.79 Å². The van der Waals surface area contributed by atoms with Gasteiger partial charge in [-0.3, -0.25) is 0 Å². The standard InChI is InChI=1S/C12H20N4O/c13-9-11-10-14-5-8-16(11)12(17)15-6-3-1-2-4-7-15/h11,14H,1-8,10H2. The van der Waals surface area contributed by atoms with Crippen LogP contribution in [0.5, 0.6) is 0 Å². The maximum atomic E-state index is 12.3. The highest BCUT2D eigenvalue weighted by molar-refractivity contribution is 5.75. The van der Waals surface area contributed by atoms with E-state index in [1.165, 1.54) is 12.8 Å². The van der Waals surface area contributed by atoms with Crippen LogP contribution in [0.3, 0.4) is 0 Å². The maximum absolute atomic E-state index is 12.3. The third kappa shape index (κ3) is 2.89. The van der Waals surface area contributed by atoms with Gasteiger partial charge < -0.3 is 15.1 Å². The maximum Gasteiger partial charge on any atom is 0.321 e. The molecule has 0 bridgehead atoms. The molecule has 1 atom stereocenters. The van der Waals surface area contributed by atoms with Crippen LogP contribution in [-0.2, 0) is 0 Å². The van der Waals surface area contributed by atoms with Gasteiger partial charge in [-0.05, 0) is 12.8 Å². The van der Waals surface area contributed by atoms with Crippen molar-refractivity contribution in [2.45, 2.75) is 31.7 Å². The van der Waals surface area contributed by atoms with Gasteiger partial charge in [0.2, 0.25) is 0 Å². The van der Waals surface area contributed by atoms with E-state index < -0.39 is 0 Å². The molecule has 0 radical (unpaired) electrons. The van der Waals surface area contributed by atoms with E-state index in [4.69, 9.17) is 5.26 Å². The summed E-state index contributed by atoms with van der Waals surface area (Å²) in [6.45, 7) is 3.73. The van der Waals surface area contributed by atoms with Crippen LogP contribution in [0.25, 0.3) is 0 Å². The summed E-state index contributed by atoms with van der Waals surface area (Å²) in [5, 5.41) is 12.2. The number of piperazine rings is 1. The molecular weight excluding hydrogens is 216 g/mol. The highest BCUT2D eigenvalue weighted by Gasteiger charge is 2.29. The first-order chi connectivity index (χ1) is 8.33. The fourth-order valence-corrected chi connectivity index (χ4v) is 2.49. The van der Waals surface area contributed by atoms with Gasteiger partial charge in [0.05, 0.1) is 6.07 Å². The van der Waals surface area contributed by atoms with Gasteiger partial charge >= 0.3 is 6.03 Å². The number of nitrogens with one attached hydrogen (secondary N) is 1. The fraction of sp³-hybridized carbons (Fsp3) is 0.833. The molecule has 94 valence electrons. The Hall–Kier alpha value is -1.28. The van der Waals surface area contributed by atoms with Crippen molar-refractivity contribution in [3.63, 3.8) is 0 Å². The van der Waals surface area contributed by atoms with Crippen molar-refractivity contribution in [3.8, 4) is 6.07 Å². The van der Waals surface area contributed by atoms with E-state index in [0.717, 1.165) is 32.5 Å². The summed E-state index contributed by atoms with van der Waals surface area (Å²) in [6.07, 6.45) is 4.62. The topological polar surface area (TPSA) is 59.4 Å². The lowest BCUT2D eigenvalue weighted by Crippen LogP contribution is -2.56. The minimum absolute atomic E-state index is 0.0555. The molecule has 1 unspecified atom stereocenters. The number of amides is 2. The van der Waals surface area contributed by atoms with Crippen LogP contribution < -0.4 is 5.32 Å². The molecule has 2 heterocycles. The first-order valence-electron chi connectivity index (χ1n) is 6.49. The van der Waals surface area contributed by atoms with E-state index in [1.807, 2.05) is 4.90 Å². The summed E-state index contributed by atoms with van der Waals surface area (Å²) in [5.41, 5.74) is 0. The lowest BCUT2D eigenvalue weighted by Gasteiger charge is -2.35. The molecular formula is C12H20N4O. The minimum Gasteiger partial charge on any atom is -0.325 e. The SMILES string of the molecule is N#CC1CNCCN1C(=O)N1CCCCCC1. The minimum atomic E-state index is -0.306. The van der Waals surface area contributed by atoms with Crippen molar-refractivity contribution in [1.82, 2.24) is 15.1 Å². The highest BCUT2D eigenvalue weighted by Crippen LogP contribution is 2.14. The van der Waals surface area contributed by atoms with Crippen LogP contribution >= 0.6 is 0 Å². The zero-order chi connectivity index (χ0) is 12.1. The number of hydrogen-bond acceptors (Lipinski definition) is 3. The van der Waals surface area contributed by atoms with Gasteiger partial charge in [-0.15, -0.1) is 0 Å². The third-order valence-corrected chi connectivity index (χ3v) is 3.51. The van der Waals surface area contributed by atoms with Crippen molar-refractivity contribution >= 4 is 6.03 Å². The molecule has 2 amide bonds. The second-order valence-corrected chi connectivity index (χ2v) is 4.73. The van der Waals surface area contributed by atoms with E-state index in [1.54, 1.807) is 4.90 Å². The van der Waals surface area contributed by atoms with Gasteiger partial charge in [0, 0.05) is 32.7 Å². The summed E-state index contributed by atoms with van der Waals surface area (Å²) in [5.74, 6) is 0. The van der Waals surface area contributed by atoms with Gasteiger partial charge in [-0.1, -0.05) is 12.8 Å². The van der Waals surface area contributed by atoms with Crippen molar-refractivity contribution in [2.75, 3.05) is 32.7 Å². The fourth-order valence-electron chi connectivity index (χ4n) is 2.49. The first kappa shape index (κ1) is 12.2. The number of rotatable bonds is 0. The Balaban J connectivity index is 1.99. The van der Waals surface area contributed by atoms with Crippen molar-refractivity contribution in [2.24, 2.45) is 0 Å². The number of carbonyl (C=O) groups excluding carboxylic acids is 1. The average molecular weight is 236 g/mol. The lowest BCUT2D eigenvalue weighted by atomic mass is 10.2. The quantitative estimate of drug-likeness (QED) is 0.676. The Labute approximate surface area is 102 Å². The summed E-state index contributed by atoms with van der Waals surface area (Å²) in [7, 11) is 0. The Bertz CT molecular complexity index is 304. The van der Waals surface area contributed by atoms with Crippen LogP contribution in [-0.4, -0.2) is 54.6 Å². The smallest absolute Gasteiger partial charge is 0.321 e. The second kappa shape index (κ2) is 5.87. The molecule has 2 rings (SSSR count). The molecule has 2 saturated heterocycles. The number of likely N-dealkylation sites (tertiary alicyclic amines) is 1. The molecule has 0 saturated carbocycles. The summed E-state index contributed by atoms with van der Waals surface area (Å²) in [6, 6.07) is 1.96. The predicted octanol–water partition coefficient (Wildman–Crippen LogP) is 0.780. The zero-order valence-corrected chi connectivity index (χ0v) is 10.2. The number of nitriles is 1. The highest BCUT2D eigenvalue weighted by atomic mass is 16.2. The largest absolute Gasteiger partial charge is 0.325 e. The molecule has 0 aromatic carbocycles. The van der Waals surface area contributed by atoms with Crippen LogP contribution in [0, 0.1) is 11.3 Å². The number of nitrogens with zero attached hydrogens (tertiary/aromatic N) is 3.